The second kappa shape index (κ2) is 10.9. The van der Waals surface area contributed by atoms with Crippen molar-refractivity contribution in [3.05, 3.63) is 94.9 Å². The number of benzene rings is 3. The van der Waals surface area contributed by atoms with E-state index in [1.54, 1.807) is 25.1 Å². The molecule has 41 heavy (non-hydrogen) atoms. The zero-order valence-corrected chi connectivity index (χ0v) is 23.3. The topological polar surface area (TPSA) is 122 Å². The molecule has 0 unspecified atom stereocenters. The summed E-state index contributed by atoms with van der Waals surface area (Å²) in [6.45, 7) is 1.64. The molecule has 5 aromatic rings. The molecule has 0 spiro atoms. The molecule has 0 saturated heterocycles. The first-order chi connectivity index (χ1) is 19.6. The monoisotopic (exact) mass is 576 g/mol. The summed E-state index contributed by atoms with van der Waals surface area (Å²) in [5.74, 6) is 1.07. The lowest BCUT2D eigenvalue weighted by Gasteiger charge is -2.17. The molecule has 12 heteroatoms. The highest BCUT2D eigenvalue weighted by Crippen LogP contribution is 2.36. The first-order valence-corrected chi connectivity index (χ1v) is 13.7. The van der Waals surface area contributed by atoms with E-state index in [2.05, 4.69) is 14.7 Å². The molecular weight excluding hydrogens is 551 g/mol. The fourth-order valence-electron chi connectivity index (χ4n) is 4.41. The Morgan fingerprint density at radius 2 is 1.61 bits per heavy atom. The molecule has 0 saturated carbocycles. The molecule has 0 aliphatic heterocycles. The van der Waals surface area contributed by atoms with E-state index in [1.807, 2.05) is 0 Å². The number of aryl methyl sites for hydroxylation is 1. The SMILES string of the molecule is COc1cc(OC)cc(-c2cc(OC)c(-n3c(=O)ccc4cc(S(=O)(=O)Nc5ccnc(C)n5)ccc43)cc2F)c1. The standard InChI is InChI=1S/C29H25FN4O6S/c1-17-31-10-9-28(32-17)33-41(36,37)22-6-7-25-18(13-22)5-8-29(35)34(25)26-16-24(30)23(15-27(26)40-4)19-11-20(38-2)14-21(12-19)39-3/h5-16H,1-4H3,(H,31,32,33). The average Bonchev–Trinajstić information content (AvgIpc) is 2.96. The number of nitrogens with zero attached hydrogens (tertiary/aromatic N) is 3. The molecule has 0 fully saturated rings. The average molecular weight is 577 g/mol. The van der Waals surface area contributed by atoms with Crippen molar-refractivity contribution in [2.24, 2.45) is 0 Å². The summed E-state index contributed by atoms with van der Waals surface area (Å²) in [6, 6.07) is 16.1. The summed E-state index contributed by atoms with van der Waals surface area (Å²) >= 11 is 0. The van der Waals surface area contributed by atoms with Crippen molar-refractivity contribution >= 4 is 26.7 Å². The van der Waals surface area contributed by atoms with E-state index in [-0.39, 0.29) is 27.7 Å². The predicted octanol–water partition coefficient (Wildman–Crippen LogP) is 4.72. The number of rotatable bonds is 8. The zero-order valence-electron chi connectivity index (χ0n) is 22.5. The van der Waals surface area contributed by atoms with Crippen molar-refractivity contribution in [3.63, 3.8) is 0 Å². The molecule has 1 N–H and O–H groups in total. The molecule has 2 heterocycles. The number of sulfonamides is 1. The molecule has 0 radical (unpaired) electrons. The van der Waals surface area contributed by atoms with E-state index in [9.17, 15) is 13.2 Å². The van der Waals surface area contributed by atoms with Gasteiger partial charge in [-0.1, -0.05) is 0 Å². The van der Waals surface area contributed by atoms with Gasteiger partial charge in [0.25, 0.3) is 15.6 Å². The Kier molecular flexibility index (Phi) is 7.33. The maximum Gasteiger partial charge on any atom is 0.263 e. The van der Waals surface area contributed by atoms with E-state index < -0.39 is 21.4 Å². The van der Waals surface area contributed by atoms with Gasteiger partial charge >= 0.3 is 0 Å². The second-order valence-electron chi connectivity index (χ2n) is 8.93. The molecule has 0 aliphatic rings. The van der Waals surface area contributed by atoms with E-state index in [4.69, 9.17) is 14.2 Å². The van der Waals surface area contributed by atoms with Crippen LogP contribution in [0.15, 0.2) is 82.6 Å². The Hall–Kier alpha value is -4.97. The number of pyridine rings is 1. The van der Waals surface area contributed by atoms with Gasteiger partial charge in [-0.25, -0.2) is 22.8 Å². The van der Waals surface area contributed by atoms with E-state index in [1.165, 1.54) is 80.6 Å². The largest absolute Gasteiger partial charge is 0.497 e. The summed E-state index contributed by atoms with van der Waals surface area (Å²) in [7, 11) is 0.392. The highest BCUT2D eigenvalue weighted by Gasteiger charge is 2.20. The molecule has 3 aromatic carbocycles. The number of ether oxygens (including phenoxy) is 3. The molecule has 10 nitrogen and oxygen atoms in total. The Labute approximate surface area is 235 Å². The van der Waals surface area contributed by atoms with Crippen molar-refractivity contribution in [2.75, 3.05) is 26.1 Å². The van der Waals surface area contributed by atoms with Gasteiger partial charge in [0, 0.05) is 35.3 Å². The summed E-state index contributed by atoms with van der Waals surface area (Å²) in [6.07, 6.45) is 1.45. The fraction of sp³-hybridized carbons (Fsp3) is 0.138. The van der Waals surface area contributed by atoms with Crippen LogP contribution < -0.4 is 24.5 Å². The summed E-state index contributed by atoms with van der Waals surface area (Å²) in [4.78, 5) is 21.1. The van der Waals surface area contributed by atoms with E-state index >= 15 is 4.39 Å². The van der Waals surface area contributed by atoms with Crippen LogP contribution in [0, 0.1) is 12.7 Å². The van der Waals surface area contributed by atoms with Crippen molar-refractivity contribution in [2.45, 2.75) is 11.8 Å². The molecule has 0 amide bonds. The molecule has 0 atom stereocenters. The molecule has 210 valence electrons. The maximum atomic E-state index is 15.6. The van der Waals surface area contributed by atoms with Gasteiger partial charge in [-0.3, -0.25) is 14.1 Å². The van der Waals surface area contributed by atoms with Gasteiger partial charge in [0.05, 0.1) is 37.4 Å². The Morgan fingerprint density at radius 3 is 2.27 bits per heavy atom. The smallest absolute Gasteiger partial charge is 0.263 e. The lowest BCUT2D eigenvalue weighted by Crippen LogP contribution is -2.19. The minimum absolute atomic E-state index is 0.0491. The molecular formula is C29H25FN4O6S. The van der Waals surface area contributed by atoms with Crippen molar-refractivity contribution in [1.29, 1.82) is 0 Å². The van der Waals surface area contributed by atoms with Crippen LogP contribution >= 0.6 is 0 Å². The van der Waals surface area contributed by atoms with Gasteiger partial charge in [-0.05, 0) is 61.0 Å². The summed E-state index contributed by atoms with van der Waals surface area (Å²) in [5, 5.41) is 0.426. The van der Waals surface area contributed by atoms with E-state index in [0.717, 1.165) is 0 Å². The van der Waals surface area contributed by atoms with Gasteiger partial charge < -0.3 is 14.2 Å². The van der Waals surface area contributed by atoms with Crippen LogP contribution in [0.2, 0.25) is 0 Å². The molecule has 2 aromatic heterocycles. The number of aromatic nitrogens is 3. The quantitative estimate of drug-likeness (QED) is 0.282. The highest BCUT2D eigenvalue weighted by atomic mass is 32.2. The number of hydrogen-bond donors (Lipinski definition) is 1. The van der Waals surface area contributed by atoms with Crippen molar-refractivity contribution < 1.29 is 27.0 Å². The van der Waals surface area contributed by atoms with Crippen LogP contribution in [0.25, 0.3) is 27.7 Å². The van der Waals surface area contributed by atoms with Gasteiger partial charge in [0.2, 0.25) is 0 Å². The van der Waals surface area contributed by atoms with Crippen molar-refractivity contribution in [1.82, 2.24) is 14.5 Å². The number of nitrogens with one attached hydrogen (secondary N) is 1. The molecule has 0 bridgehead atoms. The van der Waals surface area contributed by atoms with Crippen LogP contribution in [-0.4, -0.2) is 44.3 Å². The Bertz CT molecular complexity index is 1940. The van der Waals surface area contributed by atoms with Gasteiger partial charge in [-0.15, -0.1) is 0 Å². The van der Waals surface area contributed by atoms with Crippen LogP contribution in [0.5, 0.6) is 17.2 Å². The predicted molar refractivity (Wildman–Crippen MR) is 152 cm³/mol. The lowest BCUT2D eigenvalue weighted by molar-refractivity contribution is 0.394. The van der Waals surface area contributed by atoms with Crippen molar-refractivity contribution in [3.8, 4) is 34.1 Å². The third-order valence-electron chi connectivity index (χ3n) is 6.36. The van der Waals surface area contributed by atoms with E-state index in [0.29, 0.717) is 33.8 Å². The molecule has 0 aliphatic carbocycles. The fourth-order valence-corrected chi connectivity index (χ4v) is 5.45. The maximum absolute atomic E-state index is 15.6. The van der Waals surface area contributed by atoms with Gasteiger partial charge in [0.15, 0.2) is 0 Å². The lowest BCUT2D eigenvalue weighted by atomic mass is 10.0. The number of anilines is 1. The minimum atomic E-state index is -4.01. The minimum Gasteiger partial charge on any atom is -0.497 e. The normalized spacial score (nSPS) is 11.3. The van der Waals surface area contributed by atoms with Gasteiger partial charge in [-0.2, -0.15) is 0 Å². The first-order valence-electron chi connectivity index (χ1n) is 12.2. The number of halogens is 1. The zero-order chi connectivity index (χ0) is 29.3. The number of hydrogen-bond acceptors (Lipinski definition) is 8. The molecule has 5 rings (SSSR count). The summed E-state index contributed by atoms with van der Waals surface area (Å²) < 4.78 is 61.7. The van der Waals surface area contributed by atoms with Gasteiger partial charge in [0.1, 0.15) is 34.7 Å². The third kappa shape index (κ3) is 5.41. The first kappa shape index (κ1) is 27.6. The summed E-state index contributed by atoms with van der Waals surface area (Å²) in [5.41, 5.74) is 0.717. The number of methoxy groups -OCH3 is 3. The second-order valence-corrected chi connectivity index (χ2v) is 10.6. The third-order valence-corrected chi connectivity index (χ3v) is 7.72. The highest BCUT2D eigenvalue weighted by molar-refractivity contribution is 7.92. The number of fused-ring (bicyclic) bond motifs is 1. The van der Waals surface area contributed by atoms with Crippen LogP contribution in [0.1, 0.15) is 5.82 Å². The van der Waals surface area contributed by atoms with Crippen LogP contribution in [0.4, 0.5) is 10.2 Å². The van der Waals surface area contributed by atoms with Crippen LogP contribution in [0.3, 0.4) is 0 Å². The Morgan fingerprint density at radius 1 is 0.878 bits per heavy atom. The van der Waals surface area contributed by atoms with Crippen LogP contribution in [-0.2, 0) is 10.0 Å². The Balaban J connectivity index is 1.62.